The SMILES string of the molecule is C/C(=C\c1c(Cl)n(C)c2cc(C)c(C)cc12)C(=O)O. The van der Waals surface area contributed by atoms with Gasteiger partial charge in [0, 0.05) is 29.1 Å². The lowest BCUT2D eigenvalue weighted by Gasteiger charge is -2.02. The molecule has 1 N–H and O–H groups in total. The number of nitrogens with zero attached hydrogens (tertiary/aromatic N) is 1. The summed E-state index contributed by atoms with van der Waals surface area (Å²) in [5, 5.41) is 10.5. The van der Waals surface area contributed by atoms with Gasteiger partial charge in [-0.15, -0.1) is 0 Å². The van der Waals surface area contributed by atoms with Gasteiger partial charge in [0.15, 0.2) is 0 Å². The molecule has 1 aromatic carbocycles. The van der Waals surface area contributed by atoms with Gasteiger partial charge in [0.25, 0.3) is 0 Å². The number of aliphatic carboxylic acids is 1. The Labute approximate surface area is 117 Å². The minimum Gasteiger partial charge on any atom is -0.478 e. The summed E-state index contributed by atoms with van der Waals surface area (Å²) in [6, 6.07) is 4.13. The van der Waals surface area contributed by atoms with E-state index in [0.29, 0.717) is 5.15 Å². The summed E-state index contributed by atoms with van der Waals surface area (Å²) in [5.41, 5.74) is 4.40. The van der Waals surface area contributed by atoms with Gasteiger partial charge in [-0.05, 0) is 50.1 Å². The van der Waals surface area contributed by atoms with E-state index in [1.54, 1.807) is 13.0 Å². The number of carboxylic acids is 1. The molecule has 0 radical (unpaired) electrons. The summed E-state index contributed by atoms with van der Waals surface area (Å²) >= 11 is 6.32. The van der Waals surface area contributed by atoms with Crippen LogP contribution < -0.4 is 0 Å². The molecule has 4 heteroatoms. The normalized spacial score (nSPS) is 12.2. The minimum atomic E-state index is -0.933. The van der Waals surface area contributed by atoms with Gasteiger partial charge in [-0.3, -0.25) is 0 Å². The highest BCUT2D eigenvalue weighted by atomic mass is 35.5. The first-order valence-electron chi connectivity index (χ1n) is 5.99. The van der Waals surface area contributed by atoms with Gasteiger partial charge in [0.2, 0.25) is 0 Å². The maximum atomic E-state index is 11.0. The summed E-state index contributed by atoms with van der Waals surface area (Å²) in [4.78, 5) is 11.0. The molecule has 100 valence electrons. The zero-order chi connectivity index (χ0) is 14.3. The van der Waals surface area contributed by atoms with Crippen LogP contribution in [0.4, 0.5) is 0 Å². The van der Waals surface area contributed by atoms with Crippen LogP contribution in [0.2, 0.25) is 5.15 Å². The first kappa shape index (κ1) is 13.7. The van der Waals surface area contributed by atoms with Crippen molar-refractivity contribution >= 4 is 34.5 Å². The molecule has 1 heterocycles. The maximum absolute atomic E-state index is 11.0. The van der Waals surface area contributed by atoms with Crippen LogP contribution in [0.3, 0.4) is 0 Å². The molecular weight excluding hydrogens is 262 g/mol. The summed E-state index contributed by atoms with van der Waals surface area (Å²) in [6.07, 6.45) is 1.63. The Morgan fingerprint density at radius 2 is 1.89 bits per heavy atom. The van der Waals surface area contributed by atoms with Crippen molar-refractivity contribution in [2.24, 2.45) is 7.05 Å². The fourth-order valence-electron chi connectivity index (χ4n) is 2.11. The summed E-state index contributed by atoms with van der Waals surface area (Å²) < 4.78 is 1.88. The molecule has 0 fully saturated rings. The second-order valence-electron chi connectivity index (χ2n) is 4.85. The molecule has 0 aliphatic heterocycles. The van der Waals surface area contributed by atoms with E-state index in [1.165, 1.54) is 5.56 Å². The molecular formula is C15H16ClNO2. The van der Waals surface area contributed by atoms with Crippen LogP contribution in [-0.4, -0.2) is 15.6 Å². The van der Waals surface area contributed by atoms with Crippen LogP contribution in [0, 0.1) is 13.8 Å². The Hall–Kier alpha value is -1.74. The number of aryl methyl sites for hydroxylation is 3. The summed E-state index contributed by atoms with van der Waals surface area (Å²) in [5.74, 6) is -0.933. The van der Waals surface area contributed by atoms with E-state index in [4.69, 9.17) is 16.7 Å². The smallest absolute Gasteiger partial charge is 0.331 e. The molecule has 0 unspecified atom stereocenters. The lowest BCUT2D eigenvalue weighted by molar-refractivity contribution is -0.132. The van der Waals surface area contributed by atoms with Crippen molar-refractivity contribution in [1.82, 2.24) is 4.57 Å². The van der Waals surface area contributed by atoms with Crippen LogP contribution in [-0.2, 0) is 11.8 Å². The van der Waals surface area contributed by atoms with Crippen molar-refractivity contribution in [3.63, 3.8) is 0 Å². The average molecular weight is 278 g/mol. The molecule has 0 aliphatic rings. The van der Waals surface area contributed by atoms with E-state index < -0.39 is 5.97 Å². The molecule has 0 saturated carbocycles. The van der Waals surface area contributed by atoms with E-state index in [1.807, 2.05) is 25.5 Å². The van der Waals surface area contributed by atoms with Gasteiger partial charge in [0.05, 0.1) is 0 Å². The predicted molar refractivity (Wildman–Crippen MR) is 78.7 cm³/mol. The Balaban J connectivity index is 2.81. The highest BCUT2D eigenvalue weighted by Gasteiger charge is 2.14. The Bertz CT molecular complexity index is 711. The zero-order valence-corrected chi connectivity index (χ0v) is 12.2. The van der Waals surface area contributed by atoms with Crippen molar-refractivity contribution in [2.75, 3.05) is 0 Å². The fourth-order valence-corrected chi connectivity index (χ4v) is 2.35. The number of carboxylic acid groups (broad SMARTS) is 1. The average Bonchev–Trinajstić information content (AvgIpc) is 2.56. The third kappa shape index (κ3) is 2.26. The third-order valence-electron chi connectivity index (χ3n) is 3.48. The van der Waals surface area contributed by atoms with Crippen LogP contribution in [0.25, 0.3) is 17.0 Å². The van der Waals surface area contributed by atoms with Crippen molar-refractivity contribution in [2.45, 2.75) is 20.8 Å². The van der Waals surface area contributed by atoms with Crippen LogP contribution in [0.1, 0.15) is 23.6 Å². The first-order valence-corrected chi connectivity index (χ1v) is 6.37. The van der Waals surface area contributed by atoms with Gasteiger partial charge in [-0.2, -0.15) is 0 Å². The van der Waals surface area contributed by atoms with Crippen LogP contribution in [0.5, 0.6) is 0 Å². The highest BCUT2D eigenvalue weighted by molar-refractivity contribution is 6.33. The zero-order valence-electron chi connectivity index (χ0n) is 11.4. The highest BCUT2D eigenvalue weighted by Crippen LogP contribution is 2.32. The van der Waals surface area contributed by atoms with Crippen molar-refractivity contribution in [3.05, 3.63) is 39.5 Å². The molecule has 0 bridgehead atoms. The molecule has 0 saturated heterocycles. The van der Waals surface area contributed by atoms with Gasteiger partial charge in [-0.25, -0.2) is 4.79 Å². The monoisotopic (exact) mass is 277 g/mol. The summed E-state index contributed by atoms with van der Waals surface area (Å²) in [7, 11) is 1.88. The molecule has 0 aliphatic carbocycles. The number of benzene rings is 1. The number of carbonyl (C=O) groups is 1. The first-order chi connectivity index (χ1) is 8.82. The Morgan fingerprint density at radius 1 is 1.32 bits per heavy atom. The number of fused-ring (bicyclic) bond motifs is 1. The van der Waals surface area contributed by atoms with E-state index in [2.05, 4.69) is 12.1 Å². The Kier molecular flexibility index (Phi) is 3.42. The van der Waals surface area contributed by atoms with Crippen molar-refractivity contribution < 1.29 is 9.90 Å². The Morgan fingerprint density at radius 3 is 2.47 bits per heavy atom. The van der Waals surface area contributed by atoms with E-state index >= 15 is 0 Å². The number of hydrogen-bond donors (Lipinski definition) is 1. The molecule has 0 amide bonds. The van der Waals surface area contributed by atoms with E-state index in [-0.39, 0.29) is 5.57 Å². The minimum absolute atomic E-state index is 0.271. The molecule has 19 heavy (non-hydrogen) atoms. The number of aromatic nitrogens is 1. The molecule has 0 spiro atoms. The van der Waals surface area contributed by atoms with Crippen LogP contribution >= 0.6 is 11.6 Å². The predicted octanol–water partition coefficient (Wildman–Crippen LogP) is 3.94. The second-order valence-corrected chi connectivity index (χ2v) is 5.21. The third-order valence-corrected chi connectivity index (χ3v) is 3.94. The largest absolute Gasteiger partial charge is 0.478 e. The quantitative estimate of drug-likeness (QED) is 0.845. The number of halogens is 1. The molecule has 1 aromatic heterocycles. The van der Waals surface area contributed by atoms with Gasteiger partial charge in [0.1, 0.15) is 5.15 Å². The second kappa shape index (κ2) is 4.74. The molecule has 2 aromatic rings. The molecule has 2 rings (SSSR count). The molecule has 3 nitrogen and oxygen atoms in total. The summed E-state index contributed by atoms with van der Waals surface area (Å²) in [6.45, 7) is 5.65. The van der Waals surface area contributed by atoms with E-state index in [9.17, 15) is 4.79 Å². The van der Waals surface area contributed by atoms with Gasteiger partial charge < -0.3 is 9.67 Å². The topological polar surface area (TPSA) is 42.2 Å². The maximum Gasteiger partial charge on any atom is 0.331 e. The number of rotatable bonds is 2. The van der Waals surface area contributed by atoms with Crippen molar-refractivity contribution in [1.29, 1.82) is 0 Å². The van der Waals surface area contributed by atoms with Gasteiger partial charge >= 0.3 is 5.97 Å². The van der Waals surface area contributed by atoms with Crippen molar-refractivity contribution in [3.8, 4) is 0 Å². The lowest BCUT2D eigenvalue weighted by atomic mass is 10.0. The van der Waals surface area contributed by atoms with Crippen LogP contribution in [0.15, 0.2) is 17.7 Å². The number of hydrogen-bond acceptors (Lipinski definition) is 1. The standard InChI is InChI=1S/C15H16ClNO2/c1-8-5-11-12(6-10(3)15(18)19)14(16)17(4)13(11)7-9(8)2/h5-7H,1-4H3,(H,18,19)/b10-6+. The lowest BCUT2D eigenvalue weighted by Crippen LogP contribution is -1.95. The fraction of sp³-hybridized carbons (Fsp3) is 0.267. The van der Waals surface area contributed by atoms with Gasteiger partial charge in [-0.1, -0.05) is 11.6 Å². The molecule has 0 atom stereocenters. The van der Waals surface area contributed by atoms with E-state index in [0.717, 1.165) is 22.0 Å².